The predicted molar refractivity (Wildman–Crippen MR) is 190 cm³/mol. The van der Waals surface area contributed by atoms with Crippen LogP contribution in [0.1, 0.15) is 59.9 Å². The molecule has 1 aliphatic heterocycles. The Morgan fingerprint density at radius 2 is 1.60 bits per heavy atom. The van der Waals surface area contributed by atoms with Crippen LogP contribution < -0.4 is 10.1 Å². The summed E-state index contributed by atoms with van der Waals surface area (Å²) < 4.78 is 45.5. The second kappa shape index (κ2) is 15.5. The molecule has 1 aliphatic carbocycles. The Balaban J connectivity index is 1.17. The van der Waals surface area contributed by atoms with E-state index < -0.39 is 35.7 Å². The number of thiocarbonyl (C=S) groups is 1. The quantitative estimate of drug-likeness (QED) is 0.153. The van der Waals surface area contributed by atoms with Crippen LogP contribution in [0.15, 0.2) is 97.1 Å². The van der Waals surface area contributed by atoms with Crippen LogP contribution in [0.25, 0.3) is 11.1 Å². The van der Waals surface area contributed by atoms with Crippen LogP contribution in [0.3, 0.4) is 0 Å². The van der Waals surface area contributed by atoms with Gasteiger partial charge >= 0.3 is 12.1 Å². The summed E-state index contributed by atoms with van der Waals surface area (Å²) in [6.07, 6.45) is 1.15. The maximum Gasteiger partial charge on any atom is 0.416 e. The lowest BCUT2D eigenvalue weighted by molar-refractivity contribution is -0.142. The summed E-state index contributed by atoms with van der Waals surface area (Å²) in [6.45, 7) is 0.293. The van der Waals surface area contributed by atoms with E-state index in [4.69, 9.17) is 17.0 Å². The molecule has 6 rings (SSSR count). The van der Waals surface area contributed by atoms with E-state index >= 15 is 0 Å². The number of hydrogen-bond acceptors (Lipinski definition) is 4. The van der Waals surface area contributed by atoms with Gasteiger partial charge in [0, 0.05) is 25.8 Å². The molecule has 1 saturated carbocycles. The van der Waals surface area contributed by atoms with Gasteiger partial charge in [0.05, 0.1) is 10.6 Å². The Morgan fingerprint density at radius 1 is 0.880 bits per heavy atom. The Morgan fingerprint density at radius 3 is 2.30 bits per heavy atom. The Hall–Kier alpha value is -4.70. The first-order chi connectivity index (χ1) is 24.0. The lowest BCUT2D eigenvalue weighted by atomic mass is 9.91. The fourth-order valence-corrected chi connectivity index (χ4v) is 7.32. The molecular formula is C40H39F3N2O4S. The van der Waals surface area contributed by atoms with E-state index in [1.54, 1.807) is 12.1 Å². The highest BCUT2D eigenvalue weighted by Crippen LogP contribution is 2.33. The molecule has 4 aromatic rings. The van der Waals surface area contributed by atoms with Crippen molar-refractivity contribution in [2.75, 3.05) is 0 Å². The number of aliphatic carboxylic acids is 1. The number of carbonyl (C=O) groups is 2. The Labute approximate surface area is 295 Å². The summed E-state index contributed by atoms with van der Waals surface area (Å²) in [6, 6.07) is 26.2. The van der Waals surface area contributed by atoms with Crippen LogP contribution in [-0.2, 0) is 41.8 Å². The van der Waals surface area contributed by atoms with Crippen molar-refractivity contribution in [2.45, 2.75) is 76.4 Å². The van der Waals surface area contributed by atoms with Gasteiger partial charge in [0.2, 0.25) is 5.91 Å². The second-order valence-corrected chi connectivity index (χ2v) is 13.7. The van der Waals surface area contributed by atoms with Crippen LogP contribution in [-0.4, -0.2) is 39.0 Å². The number of nitrogens with one attached hydrogen (secondary N) is 1. The number of carboxylic acid groups (broad SMARTS) is 1. The minimum atomic E-state index is -4.44. The number of hydrogen-bond donors (Lipinski definition) is 2. The highest BCUT2D eigenvalue weighted by atomic mass is 32.1. The van der Waals surface area contributed by atoms with Gasteiger partial charge in [-0.15, -0.1) is 0 Å². The number of carbonyl (C=O) groups excluding carboxylic acids is 1. The van der Waals surface area contributed by atoms with Gasteiger partial charge in [-0.2, -0.15) is 13.2 Å². The molecule has 0 spiro atoms. The maximum atomic E-state index is 13.9. The molecule has 4 aromatic carbocycles. The molecule has 0 bridgehead atoms. The smallest absolute Gasteiger partial charge is 0.416 e. The molecule has 1 heterocycles. The maximum absolute atomic E-state index is 13.9. The summed E-state index contributed by atoms with van der Waals surface area (Å²) in [5.74, 6) is -0.581. The summed E-state index contributed by atoms with van der Waals surface area (Å²) in [5.41, 5.74) is 4.33. The van der Waals surface area contributed by atoms with Gasteiger partial charge in [0.25, 0.3) is 0 Å². The third-order valence-corrected chi connectivity index (χ3v) is 10.0. The molecule has 0 saturated heterocycles. The van der Waals surface area contributed by atoms with Crippen molar-refractivity contribution >= 4 is 29.1 Å². The highest BCUT2D eigenvalue weighted by Gasteiger charge is 2.36. The summed E-state index contributed by atoms with van der Waals surface area (Å²) in [7, 11) is 0. The first-order valence-corrected chi connectivity index (χ1v) is 17.3. The molecule has 1 amide bonds. The van der Waals surface area contributed by atoms with Gasteiger partial charge in [-0.25, -0.2) is 4.79 Å². The summed E-state index contributed by atoms with van der Waals surface area (Å²) in [4.78, 5) is 28.9. The average molecular weight is 701 g/mol. The fraction of sp³-hybridized carbons (Fsp3) is 0.325. The number of alkyl halides is 3. The zero-order valence-electron chi connectivity index (χ0n) is 27.5. The molecule has 6 nitrogen and oxygen atoms in total. The van der Waals surface area contributed by atoms with E-state index in [9.17, 15) is 27.9 Å². The summed E-state index contributed by atoms with van der Waals surface area (Å²) >= 11 is 5.96. The number of ether oxygens (including phenoxy) is 1. The van der Waals surface area contributed by atoms with Gasteiger partial charge in [0.15, 0.2) is 0 Å². The van der Waals surface area contributed by atoms with Crippen molar-refractivity contribution in [1.29, 1.82) is 0 Å². The fourth-order valence-electron chi connectivity index (χ4n) is 6.90. The lowest BCUT2D eigenvalue weighted by Gasteiger charge is -2.39. The van der Waals surface area contributed by atoms with Gasteiger partial charge in [0.1, 0.15) is 24.4 Å². The number of benzene rings is 4. The zero-order valence-corrected chi connectivity index (χ0v) is 28.3. The van der Waals surface area contributed by atoms with E-state index in [1.807, 2.05) is 71.6 Å². The van der Waals surface area contributed by atoms with Crippen LogP contribution in [0.5, 0.6) is 5.75 Å². The minimum absolute atomic E-state index is 0.0386. The van der Waals surface area contributed by atoms with Crippen molar-refractivity contribution in [1.82, 2.24) is 10.2 Å². The van der Waals surface area contributed by atoms with E-state index in [-0.39, 0.29) is 13.0 Å². The second-order valence-electron chi connectivity index (χ2n) is 13.2. The predicted octanol–water partition coefficient (Wildman–Crippen LogP) is 8.40. The molecule has 2 N–H and O–H groups in total. The van der Waals surface area contributed by atoms with Gasteiger partial charge < -0.3 is 20.1 Å². The summed E-state index contributed by atoms with van der Waals surface area (Å²) in [5, 5.41) is 12.9. The molecule has 260 valence electrons. The van der Waals surface area contributed by atoms with Crippen LogP contribution in [0.4, 0.5) is 13.2 Å². The number of fused-ring (bicyclic) bond motifs is 1. The Bertz CT molecular complexity index is 1820. The monoisotopic (exact) mass is 700 g/mol. The number of rotatable bonds is 11. The first kappa shape index (κ1) is 35.1. The highest BCUT2D eigenvalue weighted by molar-refractivity contribution is 7.80. The average Bonchev–Trinajstić information content (AvgIpc) is 3.63. The minimum Gasteiger partial charge on any atom is -0.489 e. The third-order valence-electron chi connectivity index (χ3n) is 9.64. The Kier molecular flexibility index (Phi) is 10.9. The van der Waals surface area contributed by atoms with Gasteiger partial charge in [-0.3, -0.25) is 4.79 Å². The van der Waals surface area contributed by atoms with Crippen LogP contribution >= 0.6 is 12.2 Å². The largest absolute Gasteiger partial charge is 0.489 e. The van der Waals surface area contributed by atoms with E-state index in [1.165, 1.54) is 6.07 Å². The number of halogens is 3. The van der Waals surface area contributed by atoms with Crippen molar-refractivity contribution in [3.8, 4) is 16.9 Å². The van der Waals surface area contributed by atoms with E-state index in [0.29, 0.717) is 41.6 Å². The molecule has 2 atom stereocenters. The van der Waals surface area contributed by atoms with E-state index in [0.717, 1.165) is 65.6 Å². The van der Waals surface area contributed by atoms with Crippen molar-refractivity contribution in [2.24, 2.45) is 5.92 Å². The van der Waals surface area contributed by atoms with Crippen molar-refractivity contribution < 1.29 is 32.6 Å². The normalized spacial score (nSPS) is 16.8. The number of carboxylic acids is 1. The SMILES string of the molecule is O=C(O)[C@H](Cc1ccc(-c2ccccc2)cc1)NC(=O)[C@@H]1Cc2ccc(OCc3cccc(C(F)(F)F)c3)cc2CN1C(=S)CC1CCCC1. The molecule has 0 aromatic heterocycles. The molecule has 2 aliphatic rings. The molecule has 50 heavy (non-hydrogen) atoms. The standard InChI is InChI=1S/C40H39F3N2O4S/c41-40(42,43)33-12-6-9-28(19-33)25-49-34-18-17-31-23-36(45(24-32(31)22-34)37(50)21-26-7-4-5-8-26)38(46)44-35(39(47)48)20-27-13-15-30(16-14-27)29-10-2-1-3-11-29/h1-3,6,9-19,22,26,35-36H,4-5,7-8,20-21,23-25H2,(H,44,46)(H,47,48)/t35-,36-/m0/s1. The molecule has 1 fully saturated rings. The number of amides is 1. The molecule has 0 radical (unpaired) electrons. The van der Waals surface area contributed by atoms with Gasteiger partial charge in [-0.05, 0) is 63.6 Å². The van der Waals surface area contributed by atoms with E-state index in [2.05, 4.69) is 5.32 Å². The van der Waals surface area contributed by atoms with Gasteiger partial charge in [-0.1, -0.05) is 111 Å². The molecular weight excluding hydrogens is 662 g/mol. The van der Waals surface area contributed by atoms with Crippen molar-refractivity contribution in [3.63, 3.8) is 0 Å². The third kappa shape index (κ3) is 8.71. The zero-order chi connectivity index (χ0) is 35.3. The lowest BCUT2D eigenvalue weighted by Crippen LogP contribution is -2.55. The molecule has 0 unspecified atom stereocenters. The topological polar surface area (TPSA) is 78.9 Å². The first-order valence-electron chi connectivity index (χ1n) is 16.9. The van der Waals surface area contributed by atoms with Crippen molar-refractivity contribution in [3.05, 3.63) is 125 Å². The molecule has 10 heteroatoms. The van der Waals surface area contributed by atoms with Crippen LogP contribution in [0, 0.1) is 5.92 Å². The number of nitrogens with zero attached hydrogens (tertiary/aromatic N) is 1. The van der Waals surface area contributed by atoms with Crippen LogP contribution in [0.2, 0.25) is 0 Å².